The van der Waals surface area contributed by atoms with Gasteiger partial charge in [-0.1, -0.05) is 5.10 Å². The van der Waals surface area contributed by atoms with Crippen LogP contribution in [-0.2, 0) is 4.79 Å². The molecular weight excluding hydrogens is 181 g/mol. The molecule has 0 fully saturated rings. The normalized spacial score (nSPS) is 11.2. The Balaban J connectivity index is 2.60. The summed E-state index contributed by atoms with van der Waals surface area (Å²) in [7, 11) is 0. The molecule has 0 unspecified atom stereocenters. The summed E-state index contributed by atoms with van der Waals surface area (Å²) in [6, 6.07) is 0. The lowest BCUT2D eigenvalue weighted by molar-refractivity contribution is -0.190. The maximum atomic E-state index is 11.5. The summed E-state index contributed by atoms with van der Waals surface area (Å²) < 4.78 is 42.2. The summed E-state index contributed by atoms with van der Waals surface area (Å²) in [5.41, 5.74) is 0. The molecule has 0 aliphatic carbocycles. The highest BCUT2D eigenvalue weighted by Crippen LogP contribution is 2.17. The van der Waals surface area contributed by atoms with E-state index in [9.17, 15) is 18.0 Å². The van der Waals surface area contributed by atoms with Gasteiger partial charge in [-0.05, 0) is 0 Å². The number of nitrogens with zero attached hydrogens (tertiary/aromatic N) is 2. The molecule has 0 aliphatic rings. The van der Waals surface area contributed by atoms with E-state index in [1.165, 1.54) is 0 Å². The van der Waals surface area contributed by atoms with Crippen molar-refractivity contribution in [2.24, 2.45) is 0 Å². The minimum atomic E-state index is -5.04. The number of hydrogen-bond acceptors (Lipinski definition) is 5. The van der Waals surface area contributed by atoms with Crippen molar-refractivity contribution in [2.45, 2.75) is 6.18 Å². The molecule has 0 saturated carbocycles. The van der Waals surface area contributed by atoms with Crippen molar-refractivity contribution in [2.75, 3.05) is 0 Å². The van der Waals surface area contributed by atoms with E-state index in [4.69, 9.17) is 0 Å². The van der Waals surface area contributed by atoms with Crippen LogP contribution in [0.3, 0.4) is 0 Å². The Bertz CT molecular complexity index is 268. The number of carbonyl (C=O) groups excluding carboxylic acids is 1. The Kier molecular flexibility index (Phi) is 1.98. The first-order valence-corrected chi connectivity index (χ1v) is 2.56. The van der Waals surface area contributed by atoms with Crippen molar-refractivity contribution in [3.05, 3.63) is 6.26 Å². The molecule has 1 aromatic heterocycles. The summed E-state index contributed by atoms with van der Waals surface area (Å²) in [6.07, 6.45) is -4.37. The monoisotopic (exact) mass is 182 g/mol. The van der Waals surface area contributed by atoms with Crippen LogP contribution in [0.25, 0.3) is 0 Å². The molecule has 0 amide bonds. The lowest BCUT2D eigenvalue weighted by Crippen LogP contribution is -2.28. The molecule has 0 aromatic carbocycles. The molecule has 0 aliphatic heterocycles. The van der Waals surface area contributed by atoms with Crippen LogP contribution in [0.1, 0.15) is 0 Å². The minimum absolute atomic E-state index is 0.627. The number of carbonyl (C=O) groups is 1. The van der Waals surface area contributed by atoms with Gasteiger partial charge in [-0.3, -0.25) is 0 Å². The van der Waals surface area contributed by atoms with E-state index in [2.05, 4.69) is 19.6 Å². The summed E-state index contributed by atoms with van der Waals surface area (Å²) in [4.78, 5) is 10.1. The van der Waals surface area contributed by atoms with Gasteiger partial charge in [-0.15, -0.1) is 0 Å². The Hall–Kier alpha value is -1.60. The zero-order valence-electron chi connectivity index (χ0n) is 5.33. The van der Waals surface area contributed by atoms with Crippen LogP contribution in [0.5, 0.6) is 5.88 Å². The first-order valence-electron chi connectivity index (χ1n) is 2.56. The van der Waals surface area contributed by atoms with Gasteiger partial charge in [0.2, 0.25) is 0 Å². The molecule has 1 heterocycles. The maximum Gasteiger partial charge on any atom is 0.491 e. The highest BCUT2D eigenvalue weighted by atomic mass is 19.4. The molecule has 0 saturated heterocycles. The van der Waals surface area contributed by atoms with E-state index < -0.39 is 18.0 Å². The Morgan fingerprint density at radius 1 is 1.58 bits per heavy atom. The van der Waals surface area contributed by atoms with Crippen molar-refractivity contribution < 1.29 is 27.2 Å². The maximum absolute atomic E-state index is 11.5. The molecule has 1 aromatic rings. The number of rotatable bonds is 1. The molecule has 12 heavy (non-hydrogen) atoms. The van der Waals surface area contributed by atoms with Gasteiger partial charge in [0.25, 0.3) is 5.88 Å². The second-order valence-electron chi connectivity index (χ2n) is 1.63. The van der Waals surface area contributed by atoms with E-state index in [1.807, 2.05) is 0 Å². The third-order valence-electron chi connectivity index (χ3n) is 0.769. The fraction of sp³-hybridized carbons (Fsp3) is 0.250. The van der Waals surface area contributed by atoms with Gasteiger partial charge in [0.15, 0.2) is 6.26 Å². The van der Waals surface area contributed by atoms with Gasteiger partial charge < -0.3 is 9.26 Å². The molecule has 0 atom stereocenters. The van der Waals surface area contributed by atoms with Gasteiger partial charge in [0.05, 0.1) is 0 Å². The van der Waals surface area contributed by atoms with Crippen molar-refractivity contribution in [3.8, 4) is 5.88 Å². The molecule has 0 bridgehead atoms. The molecule has 1 rings (SSSR count). The highest BCUT2D eigenvalue weighted by molar-refractivity contribution is 5.77. The minimum Gasteiger partial charge on any atom is -0.396 e. The van der Waals surface area contributed by atoms with Crippen molar-refractivity contribution >= 4 is 5.97 Å². The van der Waals surface area contributed by atoms with Crippen molar-refractivity contribution in [1.29, 1.82) is 0 Å². The number of ether oxygens (including phenoxy) is 1. The number of alkyl halides is 3. The predicted molar refractivity (Wildman–Crippen MR) is 26.0 cm³/mol. The second-order valence-corrected chi connectivity index (χ2v) is 1.63. The molecule has 5 nitrogen and oxygen atoms in total. The van der Waals surface area contributed by atoms with Gasteiger partial charge >= 0.3 is 12.1 Å². The number of hydrogen-bond donors (Lipinski definition) is 0. The highest BCUT2D eigenvalue weighted by Gasteiger charge is 2.41. The van der Waals surface area contributed by atoms with Gasteiger partial charge in [-0.2, -0.15) is 13.2 Å². The van der Waals surface area contributed by atoms with Crippen LogP contribution in [0.4, 0.5) is 13.2 Å². The van der Waals surface area contributed by atoms with Gasteiger partial charge in [0.1, 0.15) is 0 Å². The van der Waals surface area contributed by atoms with Crippen LogP contribution in [0.15, 0.2) is 10.8 Å². The second kappa shape index (κ2) is 2.80. The zero-order chi connectivity index (χ0) is 9.19. The van der Waals surface area contributed by atoms with Crippen LogP contribution >= 0.6 is 0 Å². The SMILES string of the molecule is O=C(Oc1conn1)C(F)(F)F. The third kappa shape index (κ3) is 1.94. The van der Waals surface area contributed by atoms with Crippen molar-refractivity contribution in [3.63, 3.8) is 0 Å². The van der Waals surface area contributed by atoms with Gasteiger partial charge in [0, 0.05) is 5.27 Å². The summed E-state index contributed by atoms with van der Waals surface area (Å²) in [5, 5.41) is 5.70. The largest absolute Gasteiger partial charge is 0.491 e. The molecule has 66 valence electrons. The Morgan fingerprint density at radius 3 is 2.67 bits per heavy atom. The Labute approximate surface area is 63.1 Å². The van der Waals surface area contributed by atoms with Crippen LogP contribution in [-0.4, -0.2) is 22.5 Å². The molecule has 8 heteroatoms. The summed E-state index contributed by atoms with van der Waals surface area (Å²) in [5.74, 6) is -2.99. The average Bonchev–Trinajstić information content (AvgIpc) is 2.37. The van der Waals surface area contributed by atoms with Crippen LogP contribution in [0.2, 0.25) is 0 Å². The lowest BCUT2D eigenvalue weighted by Gasteiger charge is -2.01. The molecule has 0 spiro atoms. The van der Waals surface area contributed by atoms with E-state index in [0.717, 1.165) is 0 Å². The lowest BCUT2D eigenvalue weighted by atomic mass is 10.7. The topological polar surface area (TPSA) is 65.2 Å². The van der Waals surface area contributed by atoms with E-state index >= 15 is 0 Å². The fourth-order valence-electron chi connectivity index (χ4n) is 0.353. The first kappa shape index (κ1) is 8.50. The molecular formula is C4HF3N2O3. The van der Waals surface area contributed by atoms with Crippen LogP contribution < -0.4 is 4.74 Å². The standard InChI is InChI=1S/C4HF3N2O3/c5-4(6,7)3(10)12-2-1-11-9-8-2/h1H. The van der Waals surface area contributed by atoms with E-state index in [0.29, 0.717) is 6.26 Å². The summed E-state index contributed by atoms with van der Waals surface area (Å²) >= 11 is 0. The Morgan fingerprint density at radius 2 is 2.25 bits per heavy atom. The fourth-order valence-corrected chi connectivity index (χ4v) is 0.353. The van der Waals surface area contributed by atoms with Crippen molar-refractivity contribution in [1.82, 2.24) is 10.4 Å². The first-order chi connectivity index (χ1) is 5.50. The predicted octanol–water partition coefficient (Wildman–Crippen LogP) is 0.537. The molecule has 0 radical (unpaired) electrons. The quantitative estimate of drug-likeness (QED) is 0.593. The number of aromatic nitrogens is 2. The zero-order valence-corrected chi connectivity index (χ0v) is 5.33. The molecule has 0 N–H and O–H groups in total. The number of halogens is 3. The number of esters is 1. The third-order valence-corrected chi connectivity index (χ3v) is 0.769. The van der Waals surface area contributed by atoms with Gasteiger partial charge in [-0.25, -0.2) is 4.79 Å². The van der Waals surface area contributed by atoms with Crippen LogP contribution in [0, 0.1) is 0 Å². The average molecular weight is 182 g/mol. The van der Waals surface area contributed by atoms with E-state index in [-0.39, 0.29) is 0 Å². The van der Waals surface area contributed by atoms with E-state index in [1.54, 1.807) is 0 Å². The summed E-state index contributed by atoms with van der Waals surface area (Å²) in [6.45, 7) is 0. The smallest absolute Gasteiger partial charge is 0.396 e.